The summed E-state index contributed by atoms with van der Waals surface area (Å²) in [6.07, 6.45) is 6.61. The summed E-state index contributed by atoms with van der Waals surface area (Å²) in [4.78, 5) is 4.43. The van der Waals surface area contributed by atoms with Crippen molar-refractivity contribution in [1.82, 2.24) is 14.8 Å². The normalized spacial score (nSPS) is 14.9. The predicted octanol–water partition coefficient (Wildman–Crippen LogP) is 2.98. The van der Waals surface area contributed by atoms with Crippen LogP contribution in [0.5, 0.6) is 0 Å². The Hall–Kier alpha value is -2.37. The molecule has 1 aromatic heterocycles. The Morgan fingerprint density at radius 2 is 2.08 bits per heavy atom. The molecule has 0 saturated heterocycles. The summed E-state index contributed by atoms with van der Waals surface area (Å²) in [5.74, 6) is 2.70. The molecule has 25 heavy (non-hydrogen) atoms. The molecule has 0 radical (unpaired) electrons. The minimum Gasteiger partial charge on any atom is -0.370 e. The van der Waals surface area contributed by atoms with E-state index in [1.54, 1.807) is 0 Å². The second-order valence-corrected chi connectivity index (χ2v) is 6.79. The van der Waals surface area contributed by atoms with E-state index in [0.29, 0.717) is 12.5 Å². The van der Waals surface area contributed by atoms with Gasteiger partial charge in [0.1, 0.15) is 11.6 Å². The molecule has 0 spiro atoms. The van der Waals surface area contributed by atoms with E-state index in [2.05, 4.69) is 51.1 Å². The Kier molecular flexibility index (Phi) is 5.68. The number of aromatic nitrogens is 3. The number of anilines is 1. The Bertz CT molecular complexity index is 746. The average molecular weight is 340 g/mol. The van der Waals surface area contributed by atoms with Crippen LogP contribution in [0.1, 0.15) is 48.5 Å². The summed E-state index contributed by atoms with van der Waals surface area (Å²) in [7, 11) is 0. The molecule has 6 nitrogen and oxygen atoms in total. The van der Waals surface area contributed by atoms with E-state index in [0.717, 1.165) is 43.1 Å². The van der Waals surface area contributed by atoms with Crippen LogP contribution in [-0.4, -0.2) is 27.3 Å². The van der Waals surface area contributed by atoms with Crippen molar-refractivity contribution in [3.8, 4) is 0 Å². The summed E-state index contributed by atoms with van der Waals surface area (Å²) in [5.41, 5.74) is 9.48. The maximum absolute atomic E-state index is 5.99. The van der Waals surface area contributed by atoms with Crippen LogP contribution in [0.25, 0.3) is 0 Å². The maximum atomic E-state index is 5.99. The average Bonchev–Trinajstić information content (AvgIpc) is 2.82. The molecule has 0 saturated carbocycles. The minimum absolute atomic E-state index is 0.461. The monoisotopic (exact) mass is 340 g/mol. The molecular weight excluding hydrogens is 312 g/mol. The van der Waals surface area contributed by atoms with E-state index in [1.165, 1.54) is 30.4 Å². The number of nitrogens with zero attached hydrogens (tertiary/aromatic N) is 4. The van der Waals surface area contributed by atoms with Gasteiger partial charge in [-0.05, 0) is 56.4 Å². The van der Waals surface area contributed by atoms with Crippen LogP contribution in [0.3, 0.4) is 0 Å². The number of guanidine groups is 1. The van der Waals surface area contributed by atoms with Crippen molar-refractivity contribution >= 4 is 11.6 Å². The van der Waals surface area contributed by atoms with Gasteiger partial charge in [-0.2, -0.15) is 0 Å². The fraction of sp³-hybridized carbons (Fsp3) is 0.526. The van der Waals surface area contributed by atoms with Crippen LogP contribution >= 0.6 is 0 Å². The Morgan fingerprint density at radius 3 is 2.92 bits per heavy atom. The quantitative estimate of drug-likeness (QED) is 0.498. The van der Waals surface area contributed by atoms with Gasteiger partial charge in [0.25, 0.3) is 0 Å². The van der Waals surface area contributed by atoms with E-state index in [4.69, 9.17) is 5.73 Å². The van der Waals surface area contributed by atoms with Crippen molar-refractivity contribution in [1.29, 1.82) is 0 Å². The molecule has 0 fully saturated rings. The fourth-order valence-electron chi connectivity index (χ4n) is 3.17. The zero-order valence-corrected chi connectivity index (χ0v) is 15.3. The van der Waals surface area contributed by atoms with Crippen LogP contribution in [0.2, 0.25) is 0 Å². The van der Waals surface area contributed by atoms with Crippen molar-refractivity contribution in [2.45, 2.75) is 58.9 Å². The number of nitrogens with two attached hydrogens (primary N) is 1. The van der Waals surface area contributed by atoms with E-state index < -0.39 is 0 Å². The van der Waals surface area contributed by atoms with Crippen molar-refractivity contribution in [3.63, 3.8) is 0 Å². The fourth-order valence-corrected chi connectivity index (χ4v) is 3.17. The molecule has 0 aliphatic carbocycles. The van der Waals surface area contributed by atoms with E-state index in [-0.39, 0.29) is 0 Å². The molecule has 2 aromatic rings. The van der Waals surface area contributed by atoms with Crippen molar-refractivity contribution in [2.75, 3.05) is 11.9 Å². The third kappa shape index (κ3) is 4.59. The largest absolute Gasteiger partial charge is 0.370 e. The second kappa shape index (κ2) is 8.14. The third-order valence-electron chi connectivity index (χ3n) is 4.81. The molecule has 6 heteroatoms. The molecule has 2 heterocycles. The van der Waals surface area contributed by atoms with Crippen LogP contribution in [0.4, 0.5) is 5.69 Å². The van der Waals surface area contributed by atoms with E-state index >= 15 is 0 Å². The number of fused-ring (bicyclic) bond motifs is 1. The first-order valence-electron chi connectivity index (χ1n) is 9.18. The Morgan fingerprint density at radius 1 is 1.20 bits per heavy atom. The van der Waals surface area contributed by atoms with Gasteiger partial charge < -0.3 is 15.6 Å². The van der Waals surface area contributed by atoms with Gasteiger partial charge in [-0.1, -0.05) is 12.5 Å². The summed E-state index contributed by atoms with van der Waals surface area (Å²) >= 11 is 0. The van der Waals surface area contributed by atoms with Crippen LogP contribution in [-0.2, 0) is 19.4 Å². The highest BCUT2D eigenvalue weighted by Crippen LogP contribution is 2.15. The van der Waals surface area contributed by atoms with Gasteiger partial charge >= 0.3 is 0 Å². The van der Waals surface area contributed by atoms with E-state index in [9.17, 15) is 0 Å². The van der Waals surface area contributed by atoms with Crippen LogP contribution in [0, 0.1) is 13.8 Å². The molecule has 1 aliphatic rings. The standard InChI is InChI=1S/C19H28N6/c1-14-9-10-16(13-15(14)2)22-19(20)21-11-6-8-18-24-23-17-7-4-3-5-12-25(17)18/h9-10,13H,3-8,11-12H2,1-2H3,(H3,20,21,22). The van der Waals surface area contributed by atoms with Gasteiger partial charge in [-0.3, -0.25) is 4.99 Å². The number of rotatable bonds is 5. The first-order valence-corrected chi connectivity index (χ1v) is 9.18. The highest BCUT2D eigenvalue weighted by atomic mass is 15.3. The van der Waals surface area contributed by atoms with Crippen LogP contribution < -0.4 is 11.1 Å². The number of hydrogen-bond acceptors (Lipinski definition) is 3. The van der Waals surface area contributed by atoms with Crippen LogP contribution in [0.15, 0.2) is 23.2 Å². The molecule has 3 rings (SSSR count). The zero-order chi connectivity index (χ0) is 17.6. The maximum Gasteiger partial charge on any atom is 0.193 e. The predicted molar refractivity (Wildman–Crippen MR) is 102 cm³/mol. The van der Waals surface area contributed by atoms with Gasteiger partial charge in [0, 0.05) is 31.6 Å². The molecule has 0 amide bonds. The van der Waals surface area contributed by atoms with Gasteiger partial charge in [-0.25, -0.2) is 0 Å². The summed E-state index contributed by atoms with van der Waals surface area (Å²) in [5, 5.41) is 11.9. The van der Waals surface area contributed by atoms with Crippen molar-refractivity contribution in [2.24, 2.45) is 10.7 Å². The molecule has 0 bridgehead atoms. The summed E-state index contributed by atoms with van der Waals surface area (Å²) in [6, 6.07) is 6.20. The molecule has 1 aromatic carbocycles. The Balaban J connectivity index is 1.49. The summed E-state index contributed by atoms with van der Waals surface area (Å²) < 4.78 is 2.30. The first kappa shape index (κ1) is 17.5. The SMILES string of the molecule is Cc1ccc(NC(N)=NCCCc2nnc3n2CCCCC3)cc1C. The lowest BCUT2D eigenvalue weighted by Crippen LogP contribution is -2.23. The molecule has 0 atom stereocenters. The highest BCUT2D eigenvalue weighted by Gasteiger charge is 2.13. The summed E-state index contributed by atoms with van der Waals surface area (Å²) in [6.45, 7) is 5.93. The minimum atomic E-state index is 0.461. The van der Waals surface area contributed by atoms with Gasteiger partial charge in [-0.15, -0.1) is 10.2 Å². The van der Waals surface area contributed by atoms with Gasteiger partial charge in [0.2, 0.25) is 0 Å². The number of hydrogen-bond donors (Lipinski definition) is 2. The zero-order valence-electron chi connectivity index (χ0n) is 15.3. The molecular formula is C19H28N6. The Labute approximate surface area is 149 Å². The lowest BCUT2D eigenvalue weighted by Gasteiger charge is -2.08. The number of aliphatic imine (C=N–C) groups is 1. The molecule has 0 unspecified atom stereocenters. The highest BCUT2D eigenvalue weighted by molar-refractivity contribution is 5.92. The molecule has 3 N–H and O–H groups in total. The lowest BCUT2D eigenvalue weighted by molar-refractivity contribution is 0.598. The molecule has 134 valence electrons. The van der Waals surface area contributed by atoms with Gasteiger partial charge in [0.05, 0.1) is 0 Å². The topological polar surface area (TPSA) is 81.1 Å². The number of nitrogens with one attached hydrogen (secondary N) is 1. The lowest BCUT2D eigenvalue weighted by atomic mass is 10.1. The second-order valence-electron chi connectivity index (χ2n) is 6.79. The first-order chi connectivity index (χ1) is 12.1. The number of benzene rings is 1. The molecule has 1 aliphatic heterocycles. The van der Waals surface area contributed by atoms with Crippen molar-refractivity contribution < 1.29 is 0 Å². The smallest absolute Gasteiger partial charge is 0.193 e. The van der Waals surface area contributed by atoms with E-state index in [1.807, 2.05) is 6.07 Å². The van der Waals surface area contributed by atoms with Gasteiger partial charge in [0.15, 0.2) is 5.96 Å². The van der Waals surface area contributed by atoms with Crippen molar-refractivity contribution in [3.05, 3.63) is 41.0 Å². The number of aryl methyl sites for hydroxylation is 4. The third-order valence-corrected chi connectivity index (χ3v) is 4.81.